The van der Waals surface area contributed by atoms with Gasteiger partial charge in [-0.3, -0.25) is 4.79 Å². The molecule has 22 heavy (non-hydrogen) atoms. The van der Waals surface area contributed by atoms with Crippen molar-refractivity contribution in [1.29, 1.82) is 0 Å². The first kappa shape index (κ1) is 15.8. The van der Waals surface area contributed by atoms with E-state index in [0.29, 0.717) is 5.56 Å². The van der Waals surface area contributed by atoms with E-state index in [-0.39, 0.29) is 5.69 Å². The Morgan fingerprint density at radius 2 is 1.73 bits per heavy atom. The summed E-state index contributed by atoms with van der Waals surface area (Å²) in [6.45, 7) is 0. The summed E-state index contributed by atoms with van der Waals surface area (Å²) >= 11 is 0. The molecule has 0 fully saturated rings. The summed E-state index contributed by atoms with van der Waals surface area (Å²) in [6.07, 6.45) is -1.84. The summed E-state index contributed by atoms with van der Waals surface area (Å²) in [4.78, 5) is 11.6. The van der Waals surface area contributed by atoms with Crippen molar-refractivity contribution in [2.45, 2.75) is 6.18 Å². The molecule has 114 valence electrons. The molecule has 0 saturated carbocycles. The highest BCUT2D eigenvalue weighted by molar-refractivity contribution is 6.01. The smallest absolute Gasteiger partial charge is 0.323 e. The number of halogens is 4. The first-order valence-electron chi connectivity index (χ1n) is 6.26. The predicted molar refractivity (Wildman–Crippen MR) is 75.5 cm³/mol. The topological polar surface area (TPSA) is 29.1 Å². The van der Waals surface area contributed by atoms with E-state index in [2.05, 4.69) is 5.32 Å². The third kappa shape index (κ3) is 4.44. The minimum Gasteiger partial charge on any atom is -0.323 e. The zero-order valence-corrected chi connectivity index (χ0v) is 11.2. The zero-order chi connectivity index (χ0) is 16.2. The quantitative estimate of drug-likeness (QED) is 0.656. The number of carbonyl (C=O) groups is 1. The number of alkyl halides is 3. The van der Waals surface area contributed by atoms with Crippen LogP contribution in [0.5, 0.6) is 0 Å². The van der Waals surface area contributed by atoms with E-state index in [9.17, 15) is 22.4 Å². The van der Waals surface area contributed by atoms with Gasteiger partial charge in [-0.15, -0.1) is 0 Å². The van der Waals surface area contributed by atoms with Gasteiger partial charge in [-0.2, -0.15) is 13.2 Å². The molecule has 0 aliphatic heterocycles. The molecule has 2 aromatic rings. The molecule has 0 aliphatic rings. The highest BCUT2D eigenvalue weighted by Crippen LogP contribution is 2.29. The molecule has 0 heterocycles. The third-order valence-electron chi connectivity index (χ3n) is 2.76. The fourth-order valence-corrected chi connectivity index (χ4v) is 1.71. The van der Waals surface area contributed by atoms with E-state index in [0.717, 1.165) is 24.3 Å². The Kier molecular flexibility index (Phi) is 4.60. The Morgan fingerprint density at radius 1 is 1.05 bits per heavy atom. The Bertz CT molecular complexity index is 690. The molecule has 2 nitrogen and oxygen atoms in total. The average molecular weight is 309 g/mol. The number of carbonyl (C=O) groups excluding carboxylic acids is 1. The van der Waals surface area contributed by atoms with Gasteiger partial charge in [-0.25, -0.2) is 4.39 Å². The molecule has 0 atom stereocenters. The van der Waals surface area contributed by atoms with Crippen molar-refractivity contribution in [3.63, 3.8) is 0 Å². The maximum absolute atomic E-state index is 12.9. The Hall–Kier alpha value is -2.63. The molecule has 1 amide bonds. The molecule has 0 saturated heterocycles. The van der Waals surface area contributed by atoms with Crippen molar-refractivity contribution >= 4 is 17.7 Å². The van der Waals surface area contributed by atoms with Crippen LogP contribution in [0.4, 0.5) is 23.2 Å². The molecule has 0 spiro atoms. The second-order valence-corrected chi connectivity index (χ2v) is 4.45. The van der Waals surface area contributed by atoms with Gasteiger partial charge in [0.2, 0.25) is 5.91 Å². The number of amides is 1. The Morgan fingerprint density at radius 3 is 2.32 bits per heavy atom. The molecule has 6 heteroatoms. The van der Waals surface area contributed by atoms with Crippen molar-refractivity contribution in [2.75, 3.05) is 5.32 Å². The SMILES string of the molecule is O=C(/C=C/c1cccc(F)c1)Nc1ccc(C(F)(F)F)cc1. The van der Waals surface area contributed by atoms with Gasteiger partial charge in [0, 0.05) is 11.8 Å². The maximum atomic E-state index is 12.9. The van der Waals surface area contributed by atoms with Gasteiger partial charge in [0.05, 0.1) is 5.56 Å². The molecule has 0 bridgehead atoms. The van der Waals surface area contributed by atoms with Crippen LogP contribution in [-0.4, -0.2) is 5.91 Å². The summed E-state index contributed by atoms with van der Waals surface area (Å²) in [7, 11) is 0. The van der Waals surface area contributed by atoms with E-state index in [4.69, 9.17) is 0 Å². The number of hydrogen-bond donors (Lipinski definition) is 1. The van der Waals surface area contributed by atoms with Gasteiger partial charge in [0.15, 0.2) is 0 Å². The normalized spacial score (nSPS) is 11.6. The lowest BCUT2D eigenvalue weighted by Gasteiger charge is -2.07. The molecular weight excluding hydrogens is 298 g/mol. The van der Waals surface area contributed by atoms with Crippen molar-refractivity contribution < 1.29 is 22.4 Å². The Labute approximate surface area is 124 Å². The lowest BCUT2D eigenvalue weighted by atomic mass is 10.2. The van der Waals surface area contributed by atoms with Crippen LogP contribution in [0, 0.1) is 5.82 Å². The number of hydrogen-bond acceptors (Lipinski definition) is 1. The molecule has 0 aliphatic carbocycles. The molecule has 0 unspecified atom stereocenters. The fourth-order valence-electron chi connectivity index (χ4n) is 1.71. The zero-order valence-electron chi connectivity index (χ0n) is 11.2. The van der Waals surface area contributed by atoms with Gasteiger partial charge in [-0.05, 0) is 48.0 Å². The van der Waals surface area contributed by atoms with Gasteiger partial charge < -0.3 is 5.32 Å². The van der Waals surface area contributed by atoms with Crippen LogP contribution in [0.1, 0.15) is 11.1 Å². The van der Waals surface area contributed by atoms with Crippen molar-refractivity contribution in [1.82, 2.24) is 0 Å². The van der Waals surface area contributed by atoms with Gasteiger partial charge in [0.25, 0.3) is 0 Å². The second kappa shape index (κ2) is 6.43. The lowest BCUT2D eigenvalue weighted by Crippen LogP contribution is -2.09. The summed E-state index contributed by atoms with van der Waals surface area (Å²) in [5.74, 6) is -0.950. The van der Waals surface area contributed by atoms with E-state index in [1.54, 1.807) is 6.07 Å². The first-order valence-corrected chi connectivity index (χ1v) is 6.26. The van der Waals surface area contributed by atoms with Crippen LogP contribution in [0.15, 0.2) is 54.6 Å². The van der Waals surface area contributed by atoms with E-state index >= 15 is 0 Å². The molecule has 1 N–H and O–H groups in total. The molecule has 0 radical (unpaired) electrons. The first-order chi connectivity index (χ1) is 10.3. The maximum Gasteiger partial charge on any atom is 0.416 e. The van der Waals surface area contributed by atoms with Crippen LogP contribution in [-0.2, 0) is 11.0 Å². The minimum atomic E-state index is -4.42. The summed E-state index contributed by atoms with van der Waals surface area (Å²) in [5.41, 5.74) is -0.0507. The second-order valence-electron chi connectivity index (χ2n) is 4.45. The van der Waals surface area contributed by atoms with E-state index in [1.165, 1.54) is 30.4 Å². The molecule has 0 aromatic heterocycles. The van der Waals surface area contributed by atoms with Crippen LogP contribution >= 0.6 is 0 Å². The van der Waals surface area contributed by atoms with E-state index in [1.807, 2.05) is 0 Å². The fraction of sp³-hybridized carbons (Fsp3) is 0.0625. The van der Waals surface area contributed by atoms with Crippen LogP contribution < -0.4 is 5.32 Å². The van der Waals surface area contributed by atoms with Crippen molar-refractivity contribution in [3.8, 4) is 0 Å². The number of benzene rings is 2. The summed E-state index contributed by atoms with van der Waals surface area (Å²) < 4.78 is 50.1. The highest BCUT2D eigenvalue weighted by Gasteiger charge is 2.29. The van der Waals surface area contributed by atoms with E-state index < -0.39 is 23.5 Å². The molecule has 2 aromatic carbocycles. The summed E-state index contributed by atoms with van der Waals surface area (Å²) in [5, 5.41) is 2.42. The monoisotopic (exact) mass is 309 g/mol. The number of nitrogens with one attached hydrogen (secondary N) is 1. The van der Waals surface area contributed by atoms with Gasteiger partial charge in [-0.1, -0.05) is 12.1 Å². The highest BCUT2D eigenvalue weighted by atomic mass is 19.4. The van der Waals surface area contributed by atoms with Crippen molar-refractivity contribution in [3.05, 3.63) is 71.6 Å². The Balaban J connectivity index is 2.00. The predicted octanol–water partition coefficient (Wildman–Crippen LogP) is 4.50. The number of rotatable bonds is 3. The molecular formula is C16H11F4NO. The third-order valence-corrected chi connectivity index (χ3v) is 2.76. The van der Waals surface area contributed by atoms with Crippen LogP contribution in [0.2, 0.25) is 0 Å². The standard InChI is InChI=1S/C16H11F4NO/c17-13-3-1-2-11(10-13)4-9-15(22)21-14-7-5-12(6-8-14)16(18,19)20/h1-10H,(H,21,22)/b9-4+. The van der Waals surface area contributed by atoms with Crippen LogP contribution in [0.3, 0.4) is 0 Å². The summed E-state index contributed by atoms with van der Waals surface area (Å²) in [6, 6.07) is 9.74. The number of anilines is 1. The largest absolute Gasteiger partial charge is 0.416 e. The van der Waals surface area contributed by atoms with Gasteiger partial charge in [0.1, 0.15) is 5.82 Å². The molecule has 2 rings (SSSR count). The van der Waals surface area contributed by atoms with Gasteiger partial charge >= 0.3 is 6.18 Å². The van der Waals surface area contributed by atoms with Crippen LogP contribution in [0.25, 0.3) is 6.08 Å². The average Bonchev–Trinajstić information content (AvgIpc) is 2.45. The van der Waals surface area contributed by atoms with Crippen molar-refractivity contribution in [2.24, 2.45) is 0 Å². The lowest BCUT2D eigenvalue weighted by molar-refractivity contribution is -0.137. The minimum absolute atomic E-state index is 0.238.